The van der Waals surface area contributed by atoms with Gasteiger partial charge < -0.3 is 10.1 Å². The largest absolute Gasteiger partial charge is 0.483 e. The number of amides is 1. The molecule has 0 aliphatic heterocycles. The second kappa shape index (κ2) is 8.48. The van der Waals surface area contributed by atoms with E-state index in [0.29, 0.717) is 12.2 Å². The molecule has 1 amide bonds. The molecular formula is C18H18BrNO3. The first-order chi connectivity index (χ1) is 11.1. The van der Waals surface area contributed by atoms with Crippen LogP contribution in [0.25, 0.3) is 0 Å². The van der Waals surface area contributed by atoms with Gasteiger partial charge in [-0.05, 0) is 47.0 Å². The Morgan fingerprint density at radius 3 is 2.39 bits per heavy atom. The van der Waals surface area contributed by atoms with Gasteiger partial charge in [-0.1, -0.05) is 42.5 Å². The minimum Gasteiger partial charge on any atom is -0.483 e. The van der Waals surface area contributed by atoms with Gasteiger partial charge in [0, 0.05) is 0 Å². The molecule has 4 nitrogen and oxygen atoms in total. The summed E-state index contributed by atoms with van der Waals surface area (Å²) in [6.07, 6.45) is 0.469. The van der Waals surface area contributed by atoms with Crippen molar-refractivity contribution in [2.45, 2.75) is 19.4 Å². The van der Waals surface area contributed by atoms with E-state index in [9.17, 15) is 9.59 Å². The Labute approximate surface area is 144 Å². The zero-order valence-electron chi connectivity index (χ0n) is 12.8. The quantitative estimate of drug-likeness (QED) is 0.808. The molecule has 0 spiro atoms. The van der Waals surface area contributed by atoms with E-state index in [1.165, 1.54) is 6.92 Å². The first-order valence-corrected chi connectivity index (χ1v) is 8.06. The molecular weight excluding hydrogens is 358 g/mol. The molecule has 0 aliphatic carbocycles. The van der Waals surface area contributed by atoms with Crippen molar-refractivity contribution in [3.05, 3.63) is 64.6 Å². The molecule has 23 heavy (non-hydrogen) atoms. The molecule has 120 valence electrons. The van der Waals surface area contributed by atoms with Gasteiger partial charge in [-0.25, -0.2) is 0 Å². The Bertz CT molecular complexity index is 673. The number of para-hydroxylation sites is 1. The number of rotatable bonds is 7. The van der Waals surface area contributed by atoms with Gasteiger partial charge in [0.15, 0.2) is 12.4 Å². The van der Waals surface area contributed by atoms with E-state index in [-0.39, 0.29) is 18.3 Å². The predicted molar refractivity (Wildman–Crippen MR) is 92.4 cm³/mol. The van der Waals surface area contributed by atoms with Crippen LogP contribution in [0.3, 0.4) is 0 Å². The van der Waals surface area contributed by atoms with Crippen molar-refractivity contribution in [1.82, 2.24) is 5.32 Å². The highest BCUT2D eigenvalue weighted by molar-refractivity contribution is 9.10. The maximum atomic E-state index is 12.0. The average Bonchev–Trinajstić information content (AvgIpc) is 2.54. The molecule has 1 atom stereocenters. The van der Waals surface area contributed by atoms with Gasteiger partial charge >= 0.3 is 0 Å². The van der Waals surface area contributed by atoms with Crippen LogP contribution < -0.4 is 10.1 Å². The van der Waals surface area contributed by atoms with Crippen molar-refractivity contribution >= 4 is 27.6 Å². The number of ether oxygens (including phenoxy) is 1. The zero-order valence-corrected chi connectivity index (χ0v) is 14.4. The molecule has 0 radical (unpaired) electrons. The molecule has 0 aliphatic rings. The number of halogens is 1. The molecule has 2 aromatic carbocycles. The van der Waals surface area contributed by atoms with Gasteiger partial charge in [0.25, 0.3) is 5.91 Å². The van der Waals surface area contributed by atoms with Crippen molar-refractivity contribution in [3.63, 3.8) is 0 Å². The van der Waals surface area contributed by atoms with Crippen molar-refractivity contribution in [1.29, 1.82) is 0 Å². The second-order valence-electron chi connectivity index (χ2n) is 5.14. The standard InChI is InChI=1S/C18H18BrNO3/c1-13(21)16(11-14-7-3-2-4-8-14)20-18(22)12-23-17-10-6-5-9-15(17)19/h2-10,16H,11-12H2,1H3,(H,20,22)/t16-/m1/s1. The highest BCUT2D eigenvalue weighted by Gasteiger charge is 2.18. The van der Waals surface area contributed by atoms with Crippen LogP contribution in [-0.4, -0.2) is 24.3 Å². The maximum absolute atomic E-state index is 12.0. The smallest absolute Gasteiger partial charge is 0.258 e. The number of hydrogen-bond acceptors (Lipinski definition) is 3. The van der Waals surface area contributed by atoms with E-state index in [2.05, 4.69) is 21.2 Å². The lowest BCUT2D eigenvalue weighted by atomic mass is 10.0. The first-order valence-electron chi connectivity index (χ1n) is 7.27. The van der Waals surface area contributed by atoms with Gasteiger partial charge in [0.05, 0.1) is 10.5 Å². The Morgan fingerprint density at radius 2 is 1.74 bits per heavy atom. The molecule has 2 rings (SSSR count). The Kier molecular flexibility index (Phi) is 6.35. The van der Waals surface area contributed by atoms with Gasteiger partial charge in [0.2, 0.25) is 0 Å². The van der Waals surface area contributed by atoms with Crippen LogP contribution in [0.4, 0.5) is 0 Å². The van der Waals surface area contributed by atoms with Crippen LogP contribution in [-0.2, 0) is 16.0 Å². The molecule has 2 aromatic rings. The van der Waals surface area contributed by atoms with E-state index in [1.54, 1.807) is 6.07 Å². The fourth-order valence-electron chi connectivity index (χ4n) is 2.09. The fourth-order valence-corrected chi connectivity index (χ4v) is 2.49. The Balaban J connectivity index is 1.91. The Morgan fingerprint density at radius 1 is 1.09 bits per heavy atom. The summed E-state index contributed by atoms with van der Waals surface area (Å²) in [7, 11) is 0. The highest BCUT2D eigenvalue weighted by Crippen LogP contribution is 2.23. The zero-order chi connectivity index (χ0) is 16.7. The third kappa shape index (κ3) is 5.53. The summed E-state index contributed by atoms with van der Waals surface area (Å²) in [5, 5.41) is 2.73. The van der Waals surface area contributed by atoms with Crippen LogP contribution in [0.5, 0.6) is 5.75 Å². The third-order valence-corrected chi connectivity index (χ3v) is 3.96. The number of Topliss-reactive ketones (excluding diaryl/α,β-unsaturated/α-hetero) is 1. The molecule has 1 N–H and O–H groups in total. The van der Waals surface area contributed by atoms with E-state index in [1.807, 2.05) is 48.5 Å². The lowest BCUT2D eigenvalue weighted by Crippen LogP contribution is -2.43. The number of benzene rings is 2. The van der Waals surface area contributed by atoms with Crippen LogP contribution in [0, 0.1) is 0 Å². The number of carbonyl (C=O) groups is 2. The van der Waals surface area contributed by atoms with Crippen molar-refractivity contribution in [2.24, 2.45) is 0 Å². The number of hydrogen-bond donors (Lipinski definition) is 1. The summed E-state index contributed by atoms with van der Waals surface area (Å²) < 4.78 is 6.24. The molecule has 0 aromatic heterocycles. The summed E-state index contributed by atoms with van der Waals surface area (Å²) in [6.45, 7) is 1.34. The summed E-state index contributed by atoms with van der Waals surface area (Å²) in [4.78, 5) is 23.8. The molecule has 0 fully saturated rings. The van der Waals surface area contributed by atoms with E-state index in [0.717, 1.165) is 10.0 Å². The highest BCUT2D eigenvalue weighted by atomic mass is 79.9. The van der Waals surface area contributed by atoms with E-state index in [4.69, 9.17) is 4.74 Å². The maximum Gasteiger partial charge on any atom is 0.258 e. The number of carbonyl (C=O) groups excluding carboxylic acids is 2. The summed E-state index contributed by atoms with van der Waals surface area (Å²) in [5.74, 6) is 0.185. The minimum atomic E-state index is -0.548. The number of nitrogens with one attached hydrogen (secondary N) is 1. The lowest BCUT2D eigenvalue weighted by Gasteiger charge is -2.16. The summed E-state index contributed by atoms with van der Waals surface area (Å²) >= 11 is 3.35. The van der Waals surface area contributed by atoms with Crippen molar-refractivity contribution < 1.29 is 14.3 Å². The van der Waals surface area contributed by atoms with Crippen molar-refractivity contribution in [3.8, 4) is 5.75 Å². The van der Waals surface area contributed by atoms with E-state index >= 15 is 0 Å². The normalized spacial score (nSPS) is 11.6. The fraction of sp³-hybridized carbons (Fsp3) is 0.222. The predicted octanol–water partition coefficient (Wildman–Crippen LogP) is 3.14. The van der Waals surface area contributed by atoms with Gasteiger partial charge in [0.1, 0.15) is 5.75 Å². The molecule has 0 saturated carbocycles. The number of ketones is 1. The monoisotopic (exact) mass is 375 g/mol. The summed E-state index contributed by atoms with van der Waals surface area (Å²) in [5.41, 5.74) is 1.000. The molecule has 0 bridgehead atoms. The topological polar surface area (TPSA) is 55.4 Å². The lowest BCUT2D eigenvalue weighted by molar-refractivity contribution is -0.128. The van der Waals surface area contributed by atoms with Crippen LogP contribution in [0.2, 0.25) is 0 Å². The van der Waals surface area contributed by atoms with Crippen molar-refractivity contribution in [2.75, 3.05) is 6.61 Å². The average molecular weight is 376 g/mol. The van der Waals surface area contributed by atoms with Gasteiger partial charge in [-0.2, -0.15) is 0 Å². The molecule has 0 saturated heterocycles. The third-order valence-electron chi connectivity index (χ3n) is 3.30. The van der Waals surface area contributed by atoms with Crippen LogP contribution in [0.15, 0.2) is 59.1 Å². The SMILES string of the molecule is CC(=O)[C@@H](Cc1ccccc1)NC(=O)COc1ccccc1Br. The summed E-state index contributed by atoms with van der Waals surface area (Å²) in [6, 6.07) is 16.3. The van der Waals surface area contributed by atoms with Gasteiger partial charge in [-0.15, -0.1) is 0 Å². The Hall–Kier alpha value is -2.14. The molecule has 0 unspecified atom stereocenters. The van der Waals surface area contributed by atoms with E-state index < -0.39 is 6.04 Å². The van der Waals surface area contributed by atoms with Crippen LogP contribution in [0.1, 0.15) is 12.5 Å². The van der Waals surface area contributed by atoms with Gasteiger partial charge in [-0.3, -0.25) is 9.59 Å². The molecule has 5 heteroatoms. The minimum absolute atomic E-state index is 0.0805. The molecule has 0 heterocycles. The van der Waals surface area contributed by atoms with Crippen LogP contribution >= 0.6 is 15.9 Å². The first kappa shape index (κ1) is 17.2. The second-order valence-corrected chi connectivity index (χ2v) is 5.99.